The first-order valence-corrected chi connectivity index (χ1v) is 9.76. The van der Waals surface area contributed by atoms with E-state index in [4.69, 9.17) is 5.73 Å². The van der Waals surface area contributed by atoms with Crippen molar-refractivity contribution in [1.82, 2.24) is 9.80 Å². The Balaban J connectivity index is 2.12. The Kier molecular flexibility index (Phi) is 5.10. The molecule has 2 fully saturated rings. The zero-order valence-electron chi connectivity index (χ0n) is 12.8. The lowest BCUT2D eigenvalue weighted by atomic mass is 9.93. The van der Waals surface area contributed by atoms with Gasteiger partial charge in [-0.1, -0.05) is 13.3 Å². The van der Waals surface area contributed by atoms with Crippen molar-refractivity contribution in [1.29, 1.82) is 0 Å². The summed E-state index contributed by atoms with van der Waals surface area (Å²) in [5.74, 6) is 0. The maximum Gasteiger partial charge on any atom is 0.152 e. The highest BCUT2D eigenvalue weighted by Crippen LogP contribution is 2.39. The Bertz CT molecular complexity index is 418. The quantitative estimate of drug-likeness (QED) is 0.792. The third kappa shape index (κ3) is 3.03. The Morgan fingerprint density at radius 2 is 1.90 bits per heavy atom. The maximum atomic E-state index is 12.1. The topological polar surface area (TPSA) is 66.6 Å². The summed E-state index contributed by atoms with van der Waals surface area (Å²) in [6.07, 6.45) is 5.22. The van der Waals surface area contributed by atoms with E-state index >= 15 is 0 Å². The Morgan fingerprint density at radius 1 is 1.25 bits per heavy atom. The molecule has 2 atom stereocenters. The van der Waals surface area contributed by atoms with E-state index < -0.39 is 9.84 Å². The average Bonchev–Trinajstić information content (AvgIpc) is 2.85. The van der Waals surface area contributed by atoms with Crippen LogP contribution in [0.1, 0.15) is 32.6 Å². The predicted molar refractivity (Wildman–Crippen MR) is 82.6 cm³/mol. The molecule has 2 N–H and O–H groups in total. The van der Waals surface area contributed by atoms with Crippen LogP contribution in [0, 0.1) is 0 Å². The molecule has 1 saturated heterocycles. The van der Waals surface area contributed by atoms with Crippen LogP contribution in [-0.4, -0.2) is 74.5 Å². The molecule has 0 aromatic rings. The van der Waals surface area contributed by atoms with E-state index in [0.717, 1.165) is 52.0 Å². The minimum Gasteiger partial charge on any atom is -0.329 e. The molecule has 20 heavy (non-hydrogen) atoms. The van der Waals surface area contributed by atoms with Gasteiger partial charge in [0.25, 0.3) is 0 Å². The van der Waals surface area contributed by atoms with Crippen LogP contribution in [0.3, 0.4) is 0 Å². The standard InChI is InChI=1S/C14H29N3O2S/c1-3-7-16-8-10-17(11-9-16)14(12-15)6-4-5-13(14)20(2,18)19/h13H,3-12,15H2,1-2H3. The first-order valence-electron chi connectivity index (χ1n) is 7.80. The Hall–Kier alpha value is -0.170. The fraction of sp³-hybridized carbons (Fsp3) is 1.00. The zero-order valence-corrected chi connectivity index (χ0v) is 13.7. The molecule has 1 aliphatic carbocycles. The summed E-state index contributed by atoms with van der Waals surface area (Å²) in [7, 11) is -3.03. The summed E-state index contributed by atoms with van der Waals surface area (Å²) in [4.78, 5) is 4.84. The van der Waals surface area contributed by atoms with E-state index in [1.165, 1.54) is 12.7 Å². The molecule has 2 aliphatic rings. The fourth-order valence-electron chi connectivity index (χ4n) is 4.09. The molecule has 6 heteroatoms. The molecule has 1 saturated carbocycles. The van der Waals surface area contributed by atoms with Crippen LogP contribution in [0.2, 0.25) is 0 Å². The van der Waals surface area contributed by atoms with Crippen molar-refractivity contribution in [2.45, 2.75) is 43.4 Å². The Morgan fingerprint density at radius 3 is 2.40 bits per heavy atom. The normalized spacial score (nSPS) is 33.6. The van der Waals surface area contributed by atoms with Crippen LogP contribution >= 0.6 is 0 Å². The lowest BCUT2D eigenvalue weighted by Crippen LogP contribution is -2.64. The molecule has 0 bridgehead atoms. The molecule has 118 valence electrons. The summed E-state index contributed by atoms with van der Waals surface area (Å²) >= 11 is 0. The van der Waals surface area contributed by atoms with Gasteiger partial charge < -0.3 is 10.6 Å². The minimum atomic E-state index is -3.03. The number of nitrogens with zero attached hydrogens (tertiary/aromatic N) is 2. The summed E-state index contributed by atoms with van der Waals surface area (Å²) in [6.45, 7) is 7.76. The summed E-state index contributed by atoms with van der Waals surface area (Å²) in [6, 6.07) is 0. The van der Waals surface area contributed by atoms with E-state index in [1.807, 2.05) is 0 Å². The number of rotatable bonds is 5. The number of hydrogen-bond donors (Lipinski definition) is 1. The van der Waals surface area contributed by atoms with Crippen molar-refractivity contribution < 1.29 is 8.42 Å². The van der Waals surface area contributed by atoms with E-state index in [2.05, 4.69) is 16.7 Å². The molecule has 2 unspecified atom stereocenters. The molecule has 5 nitrogen and oxygen atoms in total. The Labute approximate surface area is 123 Å². The van der Waals surface area contributed by atoms with E-state index in [0.29, 0.717) is 6.54 Å². The van der Waals surface area contributed by atoms with Gasteiger partial charge in [0.05, 0.1) is 5.25 Å². The average molecular weight is 303 g/mol. The smallest absolute Gasteiger partial charge is 0.152 e. The highest BCUT2D eigenvalue weighted by atomic mass is 32.2. The van der Waals surface area contributed by atoms with Gasteiger partial charge in [-0.25, -0.2) is 8.42 Å². The van der Waals surface area contributed by atoms with Gasteiger partial charge in [-0.05, 0) is 25.8 Å². The van der Waals surface area contributed by atoms with Crippen LogP contribution in [0.15, 0.2) is 0 Å². The van der Waals surface area contributed by atoms with Gasteiger partial charge >= 0.3 is 0 Å². The molecule has 0 radical (unpaired) electrons. The van der Waals surface area contributed by atoms with Gasteiger partial charge in [-0.15, -0.1) is 0 Å². The SMILES string of the molecule is CCCN1CCN(C2(CN)CCCC2S(C)(=O)=O)CC1. The lowest BCUT2D eigenvalue weighted by Gasteiger charge is -2.48. The van der Waals surface area contributed by atoms with Crippen molar-refractivity contribution in [2.24, 2.45) is 5.73 Å². The van der Waals surface area contributed by atoms with Gasteiger partial charge in [0.1, 0.15) is 0 Å². The summed E-state index contributed by atoms with van der Waals surface area (Å²) in [5.41, 5.74) is 5.75. The van der Waals surface area contributed by atoms with Crippen LogP contribution in [0.4, 0.5) is 0 Å². The number of piperazine rings is 1. The maximum absolute atomic E-state index is 12.1. The van der Waals surface area contributed by atoms with Gasteiger partial charge in [-0.2, -0.15) is 0 Å². The predicted octanol–water partition coefficient (Wildman–Crippen LogP) is 0.309. The van der Waals surface area contributed by atoms with Gasteiger partial charge in [0.2, 0.25) is 0 Å². The zero-order chi connectivity index (χ0) is 14.8. The highest BCUT2D eigenvalue weighted by Gasteiger charge is 2.51. The van der Waals surface area contributed by atoms with Crippen molar-refractivity contribution >= 4 is 9.84 Å². The van der Waals surface area contributed by atoms with Crippen molar-refractivity contribution in [3.8, 4) is 0 Å². The molecular formula is C14H29N3O2S. The third-order valence-corrected chi connectivity index (χ3v) is 6.80. The lowest BCUT2D eigenvalue weighted by molar-refractivity contribution is 0.0414. The molecule has 0 spiro atoms. The van der Waals surface area contributed by atoms with Crippen LogP contribution in [0.25, 0.3) is 0 Å². The van der Waals surface area contributed by atoms with Crippen LogP contribution < -0.4 is 5.73 Å². The number of hydrogen-bond acceptors (Lipinski definition) is 5. The summed E-state index contributed by atoms with van der Waals surface area (Å²) in [5, 5.41) is -0.280. The largest absolute Gasteiger partial charge is 0.329 e. The molecule has 2 rings (SSSR count). The molecular weight excluding hydrogens is 274 g/mol. The van der Waals surface area contributed by atoms with Gasteiger partial charge in [0, 0.05) is 44.5 Å². The van der Waals surface area contributed by atoms with Crippen LogP contribution in [0.5, 0.6) is 0 Å². The molecule has 0 amide bonds. The van der Waals surface area contributed by atoms with E-state index in [1.54, 1.807) is 0 Å². The first kappa shape index (κ1) is 16.2. The van der Waals surface area contributed by atoms with Crippen molar-refractivity contribution in [3.05, 3.63) is 0 Å². The molecule has 0 aromatic heterocycles. The van der Waals surface area contributed by atoms with Crippen LogP contribution in [-0.2, 0) is 9.84 Å². The van der Waals surface area contributed by atoms with Gasteiger partial charge in [0.15, 0.2) is 9.84 Å². The van der Waals surface area contributed by atoms with Crippen molar-refractivity contribution in [2.75, 3.05) is 45.5 Å². The fourth-order valence-corrected chi connectivity index (χ4v) is 5.85. The van der Waals surface area contributed by atoms with E-state index in [-0.39, 0.29) is 10.8 Å². The second-order valence-corrected chi connectivity index (χ2v) is 8.57. The monoisotopic (exact) mass is 303 g/mol. The van der Waals surface area contributed by atoms with Crippen molar-refractivity contribution in [3.63, 3.8) is 0 Å². The molecule has 1 heterocycles. The second kappa shape index (κ2) is 6.30. The number of nitrogens with two attached hydrogens (primary N) is 1. The highest BCUT2D eigenvalue weighted by molar-refractivity contribution is 7.91. The third-order valence-electron chi connectivity index (χ3n) is 5.09. The first-order chi connectivity index (χ1) is 9.44. The second-order valence-electron chi connectivity index (χ2n) is 6.35. The van der Waals surface area contributed by atoms with E-state index in [9.17, 15) is 8.42 Å². The van der Waals surface area contributed by atoms with Gasteiger partial charge in [-0.3, -0.25) is 4.90 Å². The molecule has 0 aromatic carbocycles. The summed E-state index contributed by atoms with van der Waals surface area (Å²) < 4.78 is 24.2. The minimum absolute atomic E-state index is 0.280. The molecule has 1 aliphatic heterocycles. The number of sulfone groups is 1.